The SMILES string of the molecule is COc1ccc(CCNC(=O)C2CCN(c3ccc(C(F)(F)F)cn3)CC2)cc1OC. The topological polar surface area (TPSA) is 63.7 Å². The highest BCUT2D eigenvalue weighted by Gasteiger charge is 2.31. The van der Waals surface area contributed by atoms with Crippen LogP contribution in [0.1, 0.15) is 24.0 Å². The minimum absolute atomic E-state index is 0.000468. The van der Waals surface area contributed by atoms with Crippen LogP contribution in [0.5, 0.6) is 11.5 Å². The Labute approximate surface area is 179 Å². The summed E-state index contributed by atoms with van der Waals surface area (Å²) in [5, 5.41) is 2.98. The van der Waals surface area contributed by atoms with Gasteiger partial charge in [-0.2, -0.15) is 13.2 Å². The predicted octanol–water partition coefficient (Wildman–Crippen LogP) is 3.69. The van der Waals surface area contributed by atoms with Crippen molar-refractivity contribution in [2.75, 3.05) is 38.8 Å². The Balaban J connectivity index is 1.45. The van der Waals surface area contributed by atoms with Gasteiger partial charge in [-0.15, -0.1) is 0 Å². The molecule has 31 heavy (non-hydrogen) atoms. The molecular formula is C22H26F3N3O3. The summed E-state index contributed by atoms with van der Waals surface area (Å²) in [6.45, 7) is 1.66. The van der Waals surface area contributed by atoms with E-state index in [0.29, 0.717) is 56.2 Å². The smallest absolute Gasteiger partial charge is 0.417 e. The fraction of sp³-hybridized carbons (Fsp3) is 0.455. The molecule has 1 saturated heterocycles. The number of methoxy groups -OCH3 is 2. The second-order valence-corrected chi connectivity index (χ2v) is 7.39. The van der Waals surface area contributed by atoms with Gasteiger partial charge < -0.3 is 19.7 Å². The molecule has 1 N–H and O–H groups in total. The number of anilines is 1. The van der Waals surface area contributed by atoms with Crippen LogP contribution in [0.25, 0.3) is 0 Å². The molecule has 1 aliphatic heterocycles. The van der Waals surface area contributed by atoms with Crippen molar-refractivity contribution < 1.29 is 27.4 Å². The predicted molar refractivity (Wildman–Crippen MR) is 110 cm³/mol. The zero-order chi connectivity index (χ0) is 22.4. The quantitative estimate of drug-likeness (QED) is 0.716. The Bertz CT molecular complexity index is 880. The van der Waals surface area contributed by atoms with Crippen molar-refractivity contribution >= 4 is 11.7 Å². The molecular weight excluding hydrogens is 411 g/mol. The number of halogens is 3. The van der Waals surface area contributed by atoms with Crippen LogP contribution in [0.2, 0.25) is 0 Å². The number of carbonyl (C=O) groups is 1. The number of nitrogens with one attached hydrogen (secondary N) is 1. The van der Waals surface area contributed by atoms with Gasteiger partial charge in [0.05, 0.1) is 19.8 Å². The number of benzene rings is 1. The Morgan fingerprint density at radius 2 is 1.84 bits per heavy atom. The zero-order valence-corrected chi connectivity index (χ0v) is 17.5. The first-order chi connectivity index (χ1) is 14.8. The molecule has 1 amide bonds. The summed E-state index contributed by atoms with van der Waals surface area (Å²) in [6, 6.07) is 8.08. The summed E-state index contributed by atoms with van der Waals surface area (Å²) in [7, 11) is 3.16. The fourth-order valence-electron chi connectivity index (χ4n) is 3.62. The average Bonchev–Trinajstić information content (AvgIpc) is 2.78. The normalized spacial score (nSPS) is 14.9. The van der Waals surface area contributed by atoms with Gasteiger partial charge in [-0.05, 0) is 49.1 Å². The van der Waals surface area contributed by atoms with Crippen molar-refractivity contribution in [2.45, 2.75) is 25.4 Å². The minimum Gasteiger partial charge on any atom is -0.493 e. The van der Waals surface area contributed by atoms with Crippen LogP contribution in [0.3, 0.4) is 0 Å². The summed E-state index contributed by atoms with van der Waals surface area (Å²) in [6.07, 6.45) is -1.62. The van der Waals surface area contributed by atoms with Crippen molar-refractivity contribution in [3.05, 3.63) is 47.7 Å². The van der Waals surface area contributed by atoms with E-state index in [9.17, 15) is 18.0 Å². The van der Waals surface area contributed by atoms with Gasteiger partial charge in [-0.25, -0.2) is 4.98 Å². The molecule has 1 aromatic carbocycles. The standard InChI is InChI=1S/C22H26F3N3O3/c1-30-18-5-3-15(13-19(18)31-2)7-10-26-21(29)16-8-11-28(12-9-16)20-6-4-17(14-27-20)22(23,24)25/h3-6,13-14,16H,7-12H2,1-2H3,(H,26,29). The number of piperidine rings is 1. The van der Waals surface area contributed by atoms with Gasteiger partial charge >= 0.3 is 6.18 Å². The zero-order valence-electron chi connectivity index (χ0n) is 17.5. The van der Waals surface area contributed by atoms with Gasteiger partial charge in [0, 0.05) is 31.7 Å². The first-order valence-electron chi connectivity index (χ1n) is 10.1. The van der Waals surface area contributed by atoms with Crippen molar-refractivity contribution in [3.63, 3.8) is 0 Å². The van der Waals surface area contributed by atoms with Crippen molar-refractivity contribution in [1.82, 2.24) is 10.3 Å². The Morgan fingerprint density at radius 3 is 2.42 bits per heavy atom. The molecule has 2 heterocycles. The first kappa shape index (κ1) is 22.7. The van der Waals surface area contributed by atoms with Crippen LogP contribution in [-0.4, -0.2) is 44.7 Å². The van der Waals surface area contributed by atoms with E-state index in [4.69, 9.17) is 9.47 Å². The van der Waals surface area contributed by atoms with Crippen LogP contribution in [0, 0.1) is 5.92 Å². The van der Waals surface area contributed by atoms with E-state index in [-0.39, 0.29) is 11.8 Å². The first-order valence-corrected chi connectivity index (χ1v) is 10.1. The number of amides is 1. The third-order valence-electron chi connectivity index (χ3n) is 5.43. The van der Waals surface area contributed by atoms with E-state index >= 15 is 0 Å². The molecule has 0 saturated carbocycles. The number of hydrogen-bond donors (Lipinski definition) is 1. The molecule has 1 aliphatic rings. The third kappa shape index (κ3) is 5.80. The van der Waals surface area contributed by atoms with E-state index in [1.165, 1.54) is 6.07 Å². The summed E-state index contributed by atoms with van der Waals surface area (Å²) in [4.78, 5) is 18.3. The molecule has 168 valence electrons. The van der Waals surface area contributed by atoms with Crippen molar-refractivity contribution in [1.29, 1.82) is 0 Å². The Hall–Kier alpha value is -2.97. The maximum atomic E-state index is 12.7. The van der Waals surface area contributed by atoms with E-state index in [1.807, 2.05) is 23.1 Å². The molecule has 3 rings (SSSR count). The number of hydrogen-bond acceptors (Lipinski definition) is 5. The van der Waals surface area contributed by atoms with Gasteiger partial charge in [0.25, 0.3) is 0 Å². The lowest BCUT2D eigenvalue weighted by molar-refractivity contribution is -0.137. The highest BCUT2D eigenvalue weighted by Crippen LogP contribution is 2.30. The Morgan fingerprint density at radius 1 is 1.13 bits per heavy atom. The highest BCUT2D eigenvalue weighted by molar-refractivity contribution is 5.79. The van der Waals surface area contributed by atoms with Crippen LogP contribution in [0.4, 0.5) is 19.0 Å². The molecule has 0 spiro atoms. The lowest BCUT2D eigenvalue weighted by Crippen LogP contribution is -2.41. The molecule has 0 bridgehead atoms. The number of pyridine rings is 1. The lowest BCUT2D eigenvalue weighted by Gasteiger charge is -2.32. The number of ether oxygens (including phenoxy) is 2. The van der Waals surface area contributed by atoms with Crippen LogP contribution in [0.15, 0.2) is 36.5 Å². The minimum atomic E-state index is -4.40. The molecule has 1 fully saturated rings. The highest BCUT2D eigenvalue weighted by atomic mass is 19.4. The summed E-state index contributed by atoms with van der Waals surface area (Å²) in [5.41, 5.74) is 0.265. The maximum absolute atomic E-state index is 12.7. The van der Waals surface area contributed by atoms with Gasteiger partial charge in [0.2, 0.25) is 5.91 Å². The number of alkyl halides is 3. The second-order valence-electron chi connectivity index (χ2n) is 7.39. The van der Waals surface area contributed by atoms with E-state index in [1.54, 1.807) is 14.2 Å². The van der Waals surface area contributed by atoms with Gasteiger partial charge in [-0.3, -0.25) is 4.79 Å². The average molecular weight is 437 g/mol. The molecule has 9 heteroatoms. The van der Waals surface area contributed by atoms with Crippen molar-refractivity contribution in [2.24, 2.45) is 5.92 Å². The summed E-state index contributed by atoms with van der Waals surface area (Å²) < 4.78 is 48.5. The van der Waals surface area contributed by atoms with Crippen LogP contribution < -0.4 is 19.7 Å². The molecule has 0 radical (unpaired) electrons. The number of nitrogens with zero attached hydrogens (tertiary/aromatic N) is 2. The molecule has 0 unspecified atom stereocenters. The maximum Gasteiger partial charge on any atom is 0.417 e. The van der Waals surface area contributed by atoms with Crippen molar-refractivity contribution in [3.8, 4) is 11.5 Å². The molecule has 2 aromatic rings. The number of carbonyl (C=O) groups excluding carboxylic acids is 1. The molecule has 0 aliphatic carbocycles. The molecule has 6 nitrogen and oxygen atoms in total. The van der Waals surface area contributed by atoms with E-state index in [0.717, 1.165) is 17.8 Å². The van der Waals surface area contributed by atoms with Gasteiger partial charge in [0.15, 0.2) is 11.5 Å². The monoisotopic (exact) mass is 437 g/mol. The lowest BCUT2D eigenvalue weighted by atomic mass is 9.95. The summed E-state index contributed by atoms with van der Waals surface area (Å²) in [5.74, 6) is 1.69. The summed E-state index contributed by atoms with van der Waals surface area (Å²) >= 11 is 0. The number of aromatic nitrogens is 1. The number of rotatable bonds is 7. The van der Waals surface area contributed by atoms with E-state index < -0.39 is 11.7 Å². The fourth-order valence-corrected chi connectivity index (χ4v) is 3.62. The third-order valence-corrected chi connectivity index (χ3v) is 5.43. The Kier molecular flexibility index (Phi) is 7.25. The van der Waals surface area contributed by atoms with Crippen LogP contribution >= 0.6 is 0 Å². The van der Waals surface area contributed by atoms with E-state index in [2.05, 4.69) is 10.3 Å². The molecule has 1 aromatic heterocycles. The second kappa shape index (κ2) is 9.89. The van der Waals surface area contributed by atoms with Crippen LogP contribution in [-0.2, 0) is 17.4 Å². The largest absolute Gasteiger partial charge is 0.493 e. The van der Waals surface area contributed by atoms with Gasteiger partial charge in [-0.1, -0.05) is 6.07 Å². The van der Waals surface area contributed by atoms with Gasteiger partial charge in [0.1, 0.15) is 5.82 Å². The molecule has 0 atom stereocenters.